The number of aryl methyl sites for hydroxylation is 1. The molecule has 5 heteroatoms. The van der Waals surface area contributed by atoms with Crippen LogP contribution in [0.5, 0.6) is 0 Å². The molecule has 0 spiro atoms. The second-order valence-corrected chi connectivity index (χ2v) is 6.91. The normalized spacial score (nSPS) is 25.5. The van der Waals surface area contributed by atoms with Crippen LogP contribution in [0, 0.1) is 5.92 Å². The first-order chi connectivity index (χ1) is 10.7. The number of aromatic nitrogens is 2. The van der Waals surface area contributed by atoms with E-state index in [1.165, 1.54) is 31.4 Å². The number of carbonyl (C=O) groups excluding carboxylic acids is 1. The van der Waals surface area contributed by atoms with Gasteiger partial charge in [-0.05, 0) is 25.2 Å². The Morgan fingerprint density at radius 3 is 3.00 bits per heavy atom. The summed E-state index contributed by atoms with van der Waals surface area (Å²) in [5.41, 5.74) is 1.22. The lowest BCUT2D eigenvalue weighted by Crippen LogP contribution is -2.43. The van der Waals surface area contributed by atoms with E-state index in [-0.39, 0.29) is 5.91 Å². The maximum absolute atomic E-state index is 11.7. The van der Waals surface area contributed by atoms with Crippen LogP contribution in [0.1, 0.15) is 51.0 Å². The number of imidazole rings is 1. The second kappa shape index (κ2) is 6.82. The predicted octanol–water partition coefficient (Wildman–Crippen LogP) is 2.19. The lowest BCUT2D eigenvalue weighted by Gasteiger charge is -2.35. The van der Waals surface area contributed by atoms with Crippen LogP contribution >= 0.6 is 0 Å². The zero-order valence-corrected chi connectivity index (χ0v) is 13.8. The lowest BCUT2D eigenvalue weighted by atomic mass is 9.95. The standard InChI is InChI=1S/C17H28N4O/c1-3-4-5-17-18-8-15(19-17)11-21-10-14-6-7-16(21)12-20(9-14)13(2)22/h8,14,16H,3-7,9-12H2,1-2H3,(H,18,19). The Bertz CT molecular complexity index is 513. The summed E-state index contributed by atoms with van der Waals surface area (Å²) in [4.78, 5) is 24.3. The molecule has 22 heavy (non-hydrogen) atoms. The molecule has 4 rings (SSSR count). The minimum absolute atomic E-state index is 0.224. The van der Waals surface area contributed by atoms with Crippen LogP contribution in [0.3, 0.4) is 0 Å². The maximum atomic E-state index is 11.7. The van der Waals surface area contributed by atoms with Crippen LogP contribution in [0.15, 0.2) is 6.20 Å². The molecule has 4 heterocycles. The maximum Gasteiger partial charge on any atom is 0.219 e. The number of hydrogen-bond donors (Lipinski definition) is 1. The highest BCUT2D eigenvalue weighted by atomic mass is 16.2. The number of aromatic amines is 1. The SMILES string of the molecule is CCCCc1ncc(CN2CC3CCC2CN(C(C)=O)C3)[nH]1. The van der Waals surface area contributed by atoms with E-state index in [1.54, 1.807) is 6.92 Å². The molecule has 1 amide bonds. The van der Waals surface area contributed by atoms with Crippen molar-refractivity contribution >= 4 is 5.91 Å². The molecule has 0 aliphatic carbocycles. The van der Waals surface area contributed by atoms with Gasteiger partial charge in [0.1, 0.15) is 5.82 Å². The van der Waals surface area contributed by atoms with Gasteiger partial charge in [-0.15, -0.1) is 0 Å². The van der Waals surface area contributed by atoms with Crippen LogP contribution < -0.4 is 0 Å². The van der Waals surface area contributed by atoms with Gasteiger partial charge in [0.25, 0.3) is 0 Å². The van der Waals surface area contributed by atoms with Crippen molar-refractivity contribution < 1.29 is 4.79 Å². The Morgan fingerprint density at radius 1 is 1.36 bits per heavy atom. The monoisotopic (exact) mass is 304 g/mol. The highest BCUT2D eigenvalue weighted by Crippen LogP contribution is 2.29. The topological polar surface area (TPSA) is 52.2 Å². The van der Waals surface area contributed by atoms with E-state index in [0.29, 0.717) is 12.0 Å². The summed E-state index contributed by atoms with van der Waals surface area (Å²) in [6.07, 6.45) is 7.90. The fraction of sp³-hybridized carbons (Fsp3) is 0.765. The van der Waals surface area contributed by atoms with E-state index in [2.05, 4.69) is 21.8 Å². The second-order valence-electron chi connectivity index (χ2n) is 6.91. The molecule has 3 fully saturated rings. The van der Waals surface area contributed by atoms with Gasteiger partial charge in [-0.2, -0.15) is 0 Å². The van der Waals surface area contributed by atoms with E-state index in [9.17, 15) is 4.79 Å². The Labute approximate surface area is 133 Å². The molecular formula is C17H28N4O. The number of hydrogen-bond acceptors (Lipinski definition) is 3. The molecule has 3 aliphatic heterocycles. The Hall–Kier alpha value is -1.36. The summed E-state index contributed by atoms with van der Waals surface area (Å²) >= 11 is 0. The first-order valence-electron chi connectivity index (χ1n) is 8.68. The van der Waals surface area contributed by atoms with Crippen LogP contribution in [-0.2, 0) is 17.8 Å². The third-order valence-electron chi connectivity index (χ3n) is 5.09. The third kappa shape index (κ3) is 3.51. The van der Waals surface area contributed by atoms with Crippen molar-refractivity contribution in [3.05, 3.63) is 17.7 Å². The van der Waals surface area contributed by atoms with Crippen molar-refractivity contribution in [2.75, 3.05) is 19.6 Å². The van der Waals surface area contributed by atoms with E-state index in [0.717, 1.165) is 38.4 Å². The number of unbranched alkanes of at least 4 members (excludes halogenated alkanes) is 1. The molecule has 2 bridgehead atoms. The van der Waals surface area contributed by atoms with E-state index in [1.807, 2.05) is 11.1 Å². The minimum atomic E-state index is 0.224. The van der Waals surface area contributed by atoms with Crippen LogP contribution in [0.4, 0.5) is 0 Å². The number of piperidine rings is 1. The summed E-state index contributed by atoms with van der Waals surface area (Å²) in [6, 6.07) is 0.505. The van der Waals surface area contributed by atoms with Gasteiger partial charge >= 0.3 is 0 Å². The lowest BCUT2D eigenvalue weighted by molar-refractivity contribution is -0.129. The van der Waals surface area contributed by atoms with Crippen molar-refractivity contribution in [1.82, 2.24) is 19.8 Å². The first-order valence-corrected chi connectivity index (χ1v) is 8.68. The fourth-order valence-corrected chi connectivity index (χ4v) is 3.81. The smallest absolute Gasteiger partial charge is 0.219 e. The summed E-state index contributed by atoms with van der Waals surface area (Å²) in [5.74, 6) is 1.97. The zero-order valence-electron chi connectivity index (χ0n) is 13.8. The number of carbonyl (C=O) groups is 1. The summed E-state index contributed by atoms with van der Waals surface area (Å²) in [6.45, 7) is 7.78. The number of nitrogens with one attached hydrogen (secondary N) is 1. The fourth-order valence-electron chi connectivity index (χ4n) is 3.81. The Kier molecular flexibility index (Phi) is 4.81. The predicted molar refractivity (Wildman–Crippen MR) is 86.4 cm³/mol. The summed E-state index contributed by atoms with van der Waals surface area (Å²) in [5, 5.41) is 0. The average Bonchev–Trinajstić information content (AvgIpc) is 2.73. The summed E-state index contributed by atoms with van der Waals surface area (Å²) < 4.78 is 0. The molecule has 3 aliphatic rings. The molecule has 1 aromatic heterocycles. The van der Waals surface area contributed by atoms with Crippen molar-refractivity contribution in [2.24, 2.45) is 5.92 Å². The van der Waals surface area contributed by atoms with E-state index in [4.69, 9.17) is 0 Å². The van der Waals surface area contributed by atoms with Gasteiger partial charge in [-0.1, -0.05) is 13.3 Å². The molecule has 2 atom stereocenters. The van der Waals surface area contributed by atoms with Crippen LogP contribution in [0.25, 0.3) is 0 Å². The van der Waals surface area contributed by atoms with Crippen molar-refractivity contribution in [3.8, 4) is 0 Å². The molecule has 1 aromatic rings. The van der Waals surface area contributed by atoms with Gasteiger partial charge in [0.2, 0.25) is 5.91 Å². The van der Waals surface area contributed by atoms with Gasteiger partial charge in [0.15, 0.2) is 0 Å². The number of amides is 1. The Morgan fingerprint density at radius 2 is 2.23 bits per heavy atom. The molecule has 0 aromatic carbocycles. The van der Waals surface area contributed by atoms with Crippen molar-refractivity contribution in [3.63, 3.8) is 0 Å². The first kappa shape index (κ1) is 15.5. The van der Waals surface area contributed by atoms with Crippen LogP contribution in [-0.4, -0.2) is 51.4 Å². The van der Waals surface area contributed by atoms with Crippen molar-refractivity contribution in [2.45, 2.75) is 58.5 Å². The van der Waals surface area contributed by atoms with Gasteiger partial charge in [0.05, 0.1) is 0 Å². The van der Waals surface area contributed by atoms with Gasteiger partial charge in [-0.25, -0.2) is 4.98 Å². The summed E-state index contributed by atoms with van der Waals surface area (Å²) in [7, 11) is 0. The number of nitrogens with zero attached hydrogens (tertiary/aromatic N) is 3. The largest absolute Gasteiger partial charge is 0.345 e. The van der Waals surface area contributed by atoms with E-state index >= 15 is 0 Å². The number of H-pyrrole nitrogens is 1. The minimum Gasteiger partial charge on any atom is -0.345 e. The number of rotatable bonds is 5. The zero-order chi connectivity index (χ0) is 15.5. The van der Waals surface area contributed by atoms with Crippen molar-refractivity contribution in [1.29, 1.82) is 0 Å². The molecular weight excluding hydrogens is 276 g/mol. The van der Waals surface area contributed by atoms with Gasteiger partial charge < -0.3 is 9.88 Å². The van der Waals surface area contributed by atoms with Gasteiger partial charge in [-0.3, -0.25) is 9.69 Å². The Balaban J connectivity index is 1.63. The molecule has 2 unspecified atom stereocenters. The van der Waals surface area contributed by atoms with Gasteiger partial charge in [0, 0.05) is 57.5 Å². The molecule has 0 saturated carbocycles. The average molecular weight is 304 g/mol. The highest BCUT2D eigenvalue weighted by molar-refractivity contribution is 5.73. The molecule has 0 radical (unpaired) electrons. The third-order valence-corrected chi connectivity index (χ3v) is 5.09. The van der Waals surface area contributed by atoms with Crippen LogP contribution in [0.2, 0.25) is 0 Å². The quantitative estimate of drug-likeness (QED) is 0.907. The number of fused-ring (bicyclic) bond motifs is 4. The highest BCUT2D eigenvalue weighted by Gasteiger charge is 2.35. The molecule has 5 nitrogen and oxygen atoms in total. The van der Waals surface area contributed by atoms with E-state index < -0.39 is 0 Å². The molecule has 1 N–H and O–H groups in total. The molecule has 3 saturated heterocycles. The molecule has 122 valence electrons.